The lowest BCUT2D eigenvalue weighted by Gasteiger charge is -2.43. The first-order chi connectivity index (χ1) is 8.65. The normalized spacial score (nSPS) is 33.4. The minimum Gasteiger partial charge on any atom is -0.335 e. The lowest BCUT2D eigenvalue weighted by molar-refractivity contribution is -0.133. The molecule has 102 valence electrons. The number of nitrogens with zero attached hydrogens (tertiary/aromatic N) is 2. The first-order valence-corrected chi connectivity index (χ1v) is 7.38. The molecule has 3 fully saturated rings. The molecule has 0 radical (unpaired) electrons. The van der Waals surface area contributed by atoms with Gasteiger partial charge in [-0.2, -0.15) is 0 Å². The highest BCUT2D eigenvalue weighted by atomic mass is 16.2. The fraction of sp³-hybridized carbons (Fsp3) is 0.929. The second-order valence-corrected chi connectivity index (χ2v) is 6.32. The van der Waals surface area contributed by atoms with Crippen LogP contribution in [0.1, 0.15) is 39.0 Å². The van der Waals surface area contributed by atoms with Gasteiger partial charge in [0.15, 0.2) is 0 Å². The second-order valence-electron chi connectivity index (χ2n) is 6.32. The predicted octanol–water partition coefficient (Wildman–Crippen LogP) is 0.822. The summed E-state index contributed by atoms with van der Waals surface area (Å²) >= 11 is 0. The summed E-state index contributed by atoms with van der Waals surface area (Å²) in [7, 11) is 2.19. The largest absolute Gasteiger partial charge is 0.335 e. The summed E-state index contributed by atoms with van der Waals surface area (Å²) in [6.07, 6.45) is 6.17. The molecule has 1 amide bonds. The number of likely N-dealkylation sites (N-methyl/N-ethyl adjacent to an activating group) is 1. The van der Waals surface area contributed by atoms with Crippen LogP contribution in [0.3, 0.4) is 0 Å². The van der Waals surface area contributed by atoms with E-state index in [1.165, 1.54) is 25.7 Å². The molecule has 2 saturated carbocycles. The Morgan fingerprint density at radius 2 is 1.94 bits per heavy atom. The number of piperidine rings is 1. The van der Waals surface area contributed by atoms with Crippen LogP contribution in [-0.2, 0) is 4.79 Å². The predicted molar refractivity (Wildman–Crippen MR) is 71.4 cm³/mol. The highest BCUT2D eigenvalue weighted by Crippen LogP contribution is 2.32. The number of hydrogen-bond acceptors (Lipinski definition) is 3. The average molecular weight is 251 g/mol. The molecule has 0 aromatic carbocycles. The Morgan fingerprint density at radius 1 is 1.22 bits per heavy atom. The van der Waals surface area contributed by atoms with Gasteiger partial charge in [-0.3, -0.25) is 4.79 Å². The molecule has 4 nitrogen and oxygen atoms in total. The van der Waals surface area contributed by atoms with Gasteiger partial charge in [-0.25, -0.2) is 0 Å². The molecule has 2 atom stereocenters. The fourth-order valence-electron chi connectivity index (χ4n) is 3.27. The third-order valence-corrected chi connectivity index (χ3v) is 4.47. The number of rotatable bonds is 4. The van der Waals surface area contributed by atoms with Crippen LogP contribution in [-0.4, -0.2) is 60.0 Å². The SMILES string of the molecule is CC(=O)N(C1CC1)C1CCN(C)CC1NC1CC1. The van der Waals surface area contributed by atoms with Crippen molar-refractivity contribution < 1.29 is 4.79 Å². The van der Waals surface area contributed by atoms with E-state index < -0.39 is 0 Å². The molecule has 2 unspecified atom stereocenters. The van der Waals surface area contributed by atoms with Crippen molar-refractivity contribution >= 4 is 5.91 Å². The van der Waals surface area contributed by atoms with E-state index in [0.29, 0.717) is 18.1 Å². The van der Waals surface area contributed by atoms with Crippen molar-refractivity contribution in [3.63, 3.8) is 0 Å². The summed E-state index contributed by atoms with van der Waals surface area (Å²) < 4.78 is 0. The summed E-state index contributed by atoms with van der Waals surface area (Å²) in [4.78, 5) is 16.5. The minimum atomic E-state index is 0.273. The average Bonchev–Trinajstić information content (AvgIpc) is 3.14. The van der Waals surface area contributed by atoms with E-state index in [2.05, 4.69) is 22.2 Å². The van der Waals surface area contributed by atoms with Gasteiger partial charge in [0.25, 0.3) is 0 Å². The van der Waals surface area contributed by atoms with Gasteiger partial charge >= 0.3 is 0 Å². The zero-order valence-corrected chi connectivity index (χ0v) is 11.6. The van der Waals surface area contributed by atoms with Gasteiger partial charge in [0, 0.05) is 37.6 Å². The lowest BCUT2D eigenvalue weighted by atomic mass is 9.97. The standard InChI is InChI=1S/C14H25N3O/c1-10(18)17(12-5-6-12)14-7-8-16(2)9-13(14)15-11-3-4-11/h11-15H,3-9H2,1-2H3. The third kappa shape index (κ3) is 2.69. The Hall–Kier alpha value is -0.610. The zero-order valence-electron chi connectivity index (χ0n) is 11.6. The summed E-state index contributed by atoms with van der Waals surface area (Å²) in [5.74, 6) is 0.273. The number of hydrogen-bond donors (Lipinski definition) is 1. The van der Waals surface area contributed by atoms with Gasteiger partial charge in [-0.1, -0.05) is 0 Å². The molecule has 1 heterocycles. The van der Waals surface area contributed by atoms with E-state index in [9.17, 15) is 4.79 Å². The molecule has 0 aromatic heterocycles. The maximum Gasteiger partial charge on any atom is 0.219 e. The first kappa shape index (κ1) is 12.4. The zero-order chi connectivity index (χ0) is 12.7. The lowest BCUT2D eigenvalue weighted by Crippen LogP contribution is -2.60. The summed E-state index contributed by atoms with van der Waals surface area (Å²) in [5, 5.41) is 3.76. The van der Waals surface area contributed by atoms with Gasteiger partial charge in [0.05, 0.1) is 0 Å². The fourth-order valence-corrected chi connectivity index (χ4v) is 3.27. The molecule has 3 aliphatic rings. The highest BCUT2D eigenvalue weighted by molar-refractivity contribution is 5.74. The van der Waals surface area contributed by atoms with Crippen molar-refractivity contribution in [2.24, 2.45) is 0 Å². The monoisotopic (exact) mass is 251 g/mol. The Balaban J connectivity index is 1.70. The minimum absolute atomic E-state index is 0.273. The molecule has 1 N–H and O–H groups in total. The van der Waals surface area contributed by atoms with E-state index in [1.54, 1.807) is 6.92 Å². The van der Waals surface area contributed by atoms with Crippen molar-refractivity contribution in [1.29, 1.82) is 0 Å². The van der Waals surface area contributed by atoms with Crippen molar-refractivity contribution in [2.75, 3.05) is 20.1 Å². The van der Waals surface area contributed by atoms with Crippen LogP contribution in [0.2, 0.25) is 0 Å². The topological polar surface area (TPSA) is 35.6 Å². The van der Waals surface area contributed by atoms with E-state index in [4.69, 9.17) is 0 Å². The van der Waals surface area contributed by atoms with E-state index in [1.807, 2.05) is 0 Å². The van der Waals surface area contributed by atoms with Gasteiger partial charge in [-0.05, 0) is 45.7 Å². The number of likely N-dealkylation sites (tertiary alicyclic amines) is 1. The van der Waals surface area contributed by atoms with Crippen LogP contribution in [0.4, 0.5) is 0 Å². The molecular weight excluding hydrogens is 226 g/mol. The molecule has 2 aliphatic carbocycles. The maximum atomic E-state index is 11.9. The molecule has 0 bridgehead atoms. The van der Waals surface area contributed by atoms with Gasteiger partial charge < -0.3 is 15.1 Å². The molecule has 1 aliphatic heterocycles. The quantitative estimate of drug-likeness (QED) is 0.803. The van der Waals surface area contributed by atoms with Crippen LogP contribution in [0.5, 0.6) is 0 Å². The Morgan fingerprint density at radius 3 is 2.50 bits per heavy atom. The summed E-state index contributed by atoms with van der Waals surface area (Å²) in [5.41, 5.74) is 0. The van der Waals surface area contributed by atoms with Gasteiger partial charge in [0.1, 0.15) is 0 Å². The first-order valence-electron chi connectivity index (χ1n) is 7.38. The second kappa shape index (κ2) is 4.82. The number of amides is 1. The highest BCUT2D eigenvalue weighted by Gasteiger charge is 2.42. The van der Waals surface area contributed by atoms with Crippen LogP contribution < -0.4 is 5.32 Å². The molecule has 1 saturated heterocycles. The molecule has 3 rings (SSSR count). The third-order valence-electron chi connectivity index (χ3n) is 4.47. The molecule has 4 heteroatoms. The number of carbonyl (C=O) groups is 1. The van der Waals surface area contributed by atoms with Crippen molar-refractivity contribution in [2.45, 2.75) is 63.2 Å². The molecule has 18 heavy (non-hydrogen) atoms. The number of carbonyl (C=O) groups excluding carboxylic acids is 1. The van der Waals surface area contributed by atoms with Crippen molar-refractivity contribution in [3.05, 3.63) is 0 Å². The summed E-state index contributed by atoms with van der Waals surface area (Å²) in [6.45, 7) is 3.94. The Bertz CT molecular complexity index is 323. The smallest absolute Gasteiger partial charge is 0.219 e. The van der Waals surface area contributed by atoms with E-state index in [-0.39, 0.29) is 5.91 Å². The van der Waals surface area contributed by atoms with Crippen LogP contribution >= 0.6 is 0 Å². The van der Waals surface area contributed by atoms with Gasteiger partial charge in [0.2, 0.25) is 5.91 Å². The van der Waals surface area contributed by atoms with E-state index >= 15 is 0 Å². The molecule has 0 aromatic rings. The van der Waals surface area contributed by atoms with Gasteiger partial charge in [-0.15, -0.1) is 0 Å². The van der Waals surface area contributed by atoms with Crippen molar-refractivity contribution in [3.8, 4) is 0 Å². The Labute approximate surface area is 110 Å². The number of nitrogens with one attached hydrogen (secondary N) is 1. The van der Waals surface area contributed by atoms with Crippen LogP contribution in [0.25, 0.3) is 0 Å². The molecule has 0 spiro atoms. The van der Waals surface area contributed by atoms with E-state index in [0.717, 1.165) is 25.6 Å². The Kier molecular flexibility index (Phi) is 3.32. The summed E-state index contributed by atoms with van der Waals surface area (Å²) in [6, 6.07) is 2.16. The van der Waals surface area contributed by atoms with Crippen LogP contribution in [0, 0.1) is 0 Å². The maximum absolute atomic E-state index is 11.9. The van der Waals surface area contributed by atoms with Crippen molar-refractivity contribution in [1.82, 2.24) is 15.1 Å². The van der Waals surface area contributed by atoms with Crippen LogP contribution in [0.15, 0.2) is 0 Å². The molecular formula is C14H25N3O.